The number of hydrogen-bond donors (Lipinski definition) is 1. The van der Waals surface area contributed by atoms with Crippen molar-refractivity contribution in [1.82, 2.24) is 20.2 Å². The number of nitrogens with one attached hydrogen (secondary N) is 1. The van der Waals surface area contributed by atoms with Gasteiger partial charge in [-0.15, -0.1) is 0 Å². The number of methoxy groups -OCH3 is 1. The lowest BCUT2D eigenvalue weighted by Crippen LogP contribution is -2.40. The number of urea groups is 1. The van der Waals surface area contributed by atoms with Crippen LogP contribution in [0.3, 0.4) is 0 Å². The van der Waals surface area contributed by atoms with Crippen LogP contribution in [-0.2, 0) is 6.42 Å². The SMILES string of the molecule is COc1cncc(O[C@H]2CCN(C(=O)NCCc3ccccc3)C2)n1. The van der Waals surface area contributed by atoms with Gasteiger partial charge in [-0.25, -0.2) is 4.79 Å². The van der Waals surface area contributed by atoms with Crippen molar-refractivity contribution in [3.63, 3.8) is 0 Å². The van der Waals surface area contributed by atoms with Crippen LogP contribution in [0.4, 0.5) is 4.79 Å². The maximum absolute atomic E-state index is 12.2. The zero-order valence-electron chi connectivity index (χ0n) is 14.2. The third-order valence-electron chi connectivity index (χ3n) is 4.05. The monoisotopic (exact) mass is 342 g/mol. The molecule has 2 amide bonds. The molecule has 2 aromatic rings. The molecular weight excluding hydrogens is 320 g/mol. The Labute approximate surface area is 147 Å². The molecule has 25 heavy (non-hydrogen) atoms. The molecule has 2 heterocycles. The Morgan fingerprint density at radius 3 is 2.88 bits per heavy atom. The molecule has 1 aliphatic rings. The summed E-state index contributed by atoms with van der Waals surface area (Å²) in [5, 5.41) is 2.96. The van der Waals surface area contributed by atoms with E-state index in [9.17, 15) is 4.79 Å². The van der Waals surface area contributed by atoms with E-state index in [1.54, 1.807) is 11.1 Å². The van der Waals surface area contributed by atoms with E-state index in [-0.39, 0.29) is 12.1 Å². The number of amides is 2. The first kappa shape index (κ1) is 17.0. The highest BCUT2D eigenvalue weighted by molar-refractivity contribution is 5.74. The molecule has 1 saturated heterocycles. The van der Waals surface area contributed by atoms with E-state index >= 15 is 0 Å². The van der Waals surface area contributed by atoms with Gasteiger partial charge in [0.2, 0.25) is 11.8 Å². The molecule has 0 spiro atoms. The Balaban J connectivity index is 1.43. The van der Waals surface area contributed by atoms with Crippen LogP contribution in [-0.4, -0.2) is 53.7 Å². The van der Waals surface area contributed by atoms with Gasteiger partial charge in [-0.1, -0.05) is 30.3 Å². The molecule has 0 aliphatic carbocycles. The van der Waals surface area contributed by atoms with Crippen LogP contribution >= 0.6 is 0 Å². The highest BCUT2D eigenvalue weighted by Gasteiger charge is 2.27. The number of aromatic nitrogens is 2. The molecule has 1 aliphatic heterocycles. The predicted octanol–water partition coefficient (Wildman–Crippen LogP) is 1.89. The van der Waals surface area contributed by atoms with E-state index in [4.69, 9.17) is 9.47 Å². The fraction of sp³-hybridized carbons (Fsp3) is 0.389. The summed E-state index contributed by atoms with van der Waals surface area (Å²) in [7, 11) is 1.53. The first-order valence-corrected chi connectivity index (χ1v) is 8.34. The molecule has 0 saturated carbocycles. The second kappa shape index (κ2) is 8.32. The molecule has 1 aromatic heterocycles. The minimum Gasteiger partial charge on any atom is -0.480 e. The third-order valence-corrected chi connectivity index (χ3v) is 4.05. The van der Waals surface area contributed by atoms with Gasteiger partial charge in [0.15, 0.2) is 0 Å². The molecule has 7 nitrogen and oxygen atoms in total. The number of hydrogen-bond acceptors (Lipinski definition) is 5. The van der Waals surface area contributed by atoms with Crippen LogP contribution < -0.4 is 14.8 Å². The quantitative estimate of drug-likeness (QED) is 0.867. The summed E-state index contributed by atoms with van der Waals surface area (Å²) in [4.78, 5) is 22.2. The fourth-order valence-corrected chi connectivity index (χ4v) is 2.74. The molecule has 1 aromatic carbocycles. The number of carbonyl (C=O) groups excluding carboxylic acids is 1. The van der Waals surface area contributed by atoms with Gasteiger partial charge in [0.25, 0.3) is 0 Å². The normalized spacial score (nSPS) is 16.5. The maximum Gasteiger partial charge on any atom is 0.317 e. The Bertz CT molecular complexity index is 696. The second-order valence-electron chi connectivity index (χ2n) is 5.84. The average Bonchev–Trinajstić information content (AvgIpc) is 3.11. The minimum atomic E-state index is -0.0821. The molecule has 0 radical (unpaired) electrons. The number of nitrogens with zero attached hydrogens (tertiary/aromatic N) is 3. The highest BCUT2D eigenvalue weighted by atomic mass is 16.5. The standard InChI is InChI=1S/C18H22N4O3/c1-24-16-11-19-12-17(21-16)25-15-8-10-22(13-15)18(23)20-9-7-14-5-3-2-4-6-14/h2-6,11-12,15H,7-10,13H2,1H3,(H,20,23)/t15-/m0/s1. The summed E-state index contributed by atoms with van der Waals surface area (Å²) in [5.74, 6) is 0.821. The summed E-state index contributed by atoms with van der Waals surface area (Å²) < 4.78 is 10.8. The second-order valence-corrected chi connectivity index (χ2v) is 5.84. The van der Waals surface area contributed by atoms with Gasteiger partial charge >= 0.3 is 6.03 Å². The van der Waals surface area contributed by atoms with Crippen molar-refractivity contribution in [2.45, 2.75) is 18.9 Å². The average molecular weight is 342 g/mol. The first-order chi connectivity index (χ1) is 12.2. The van der Waals surface area contributed by atoms with Crippen LogP contribution in [0.5, 0.6) is 11.8 Å². The van der Waals surface area contributed by atoms with Crippen molar-refractivity contribution in [1.29, 1.82) is 0 Å². The fourth-order valence-electron chi connectivity index (χ4n) is 2.74. The lowest BCUT2D eigenvalue weighted by molar-refractivity contribution is 0.181. The molecule has 0 unspecified atom stereocenters. The molecule has 7 heteroatoms. The molecule has 1 N–H and O–H groups in total. The first-order valence-electron chi connectivity index (χ1n) is 8.34. The Kier molecular flexibility index (Phi) is 5.66. The summed E-state index contributed by atoms with van der Waals surface area (Å²) in [5.41, 5.74) is 1.21. The number of likely N-dealkylation sites (tertiary alicyclic amines) is 1. The highest BCUT2D eigenvalue weighted by Crippen LogP contribution is 2.17. The van der Waals surface area contributed by atoms with Gasteiger partial charge in [-0.3, -0.25) is 4.98 Å². The molecule has 0 bridgehead atoms. The van der Waals surface area contributed by atoms with E-state index in [1.807, 2.05) is 18.2 Å². The van der Waals surface area contributed by atoms with Crippen molar-refractivity contribution in [2.75, 3.05) is 26.7 Å². The lowest BCUT2D eigenvalue weighted by atomic mass is 10.1. The minimum absolute atomic E-state index is 0.0567. The summed E-state index contributed by atoms with van der Waals surface area (Å²) in [6.07, 6.45) is 4.57. The topological polar surface area (TPSA) is 76.6 Å². The van der Waals surface area contributed by atoms with Gasteiger partial charge < -0.3 is 19.7 Å². The van der Waals surface area contributed by atoms with Crippen LogP contribution in [0.25, 0.3) is 0 Å². The van der Waals surface area contributed by atoms with Crippen LogP contribution in [0.15, 0.2) is 42.7 Å². The van der Waals surface area contributed by atoms with Crippen molar-refractivity contribution < 1.29 is 14.3 Å². The summed E-state index contributed by atoms with van der Waals surface area (Å²) in [6, 6.07) is 10.0. The van der Waals surface area contributed by atoms with E-state index in [1.165, 1.54) is 18.9 Å². The Hall–Kier alpha value is -2.83. The molecule has 1 atom stereocenters. The summed E-state index contributed by atoms with van der Waals surface area (Å²) >= 11 is 0. The van der Waals surface area contributed by atoms with E-state index in [2.05, 4.69) is 27.4 Å². The van der Waals surface area contributed by atoms with Gasteiger partial charge in [0, 0.05) is 19.5 Å². The molecule has 132 valence electrons. The van der Waals surface area contributed by atoms with Crippen molar-refractivity contribution in [2.24, 2.45) is 0 Å². The van der Waals surface area contributed by atoms with Gasteiger partial charge in [0.1, 0.15) is 6.10 Å². The number of carbonyl (C=O) groups is 1. The zero-order chi connectivity index (χ0) is 17.5. The number of ether oxygens (including phenoxy) is 2. The van der Waals surface area contributed by atoms with E-state index < -0.39 is 0 Å². The van der Waals surface area contributed by atoms with Crippen LogP contribution in [0, 0.1) is 0 Å². The van der Waals surface area contributed by atoms with Crippen LogP contribution in [0.1, 0.15) is 12.0 Å². The van der Waals surface area contributed by atoms with E-state index in [0.29, 0.717) is 31.4 Å². The molecule has 1 fully saturated rings. The predicted molar refractivity (Wildman–Crippen MR) is 92.7 cm³/mol. The Morgan fingerprint density at radius 2 is 2.08 bits per heavy atom. The zero-order valence-corrected chi connectivity index (χ0v) is 14.2. The van der Waals surface area contributed by atoms with Crippen molar-refractivity contribution in [3.05, 3.63) is 48.3 Å². The van der Waals surface area contributed by atoms with Gasteiger partial charge in [-0.05, 0) is 12.0 Å². The molecular formula is C18H22N4O3. The van der Waals surface area contributed by atoms with Gasteiger partial charge in [0.05, 0.1) is 26.0 Å². The van der Waals surface area contributed by atoms with Crippen molar-refractivity contribution in [3.8, 4) is 11.8 Å². The van der Waals surface area contributed by atoms with Gasteiger partial charge in [-0.2, -0.15) is 4.98 Å². The number of benzene rings is 1. The largest absolute Gasteiger partial charge is 0.480 e. The lowest BCUT2D eigenvalue weighted by Gasteiger charge is -2.17. The maximum atomic E-state index is 12.2. The Morgan fingerprint density at radius 1 is 1.28 bits per heavy atom. The van der Waals surface area contributed by atoms with Crippen LogP contribution in [0.2, 0.25) is 0 Å². The molecule has 3 rings (SSSR count). The third kappa shape index (κ3) is 4.82. The number of rotatable bonds is 6. The summed E-state index contributed by atoms with van der Waals surface area (Å²) in [6.45, 7) is 1.82. The van der Waals surface area contributed by atoms with E-state index in [0.717, 1.165) is 12.8 Å². The smallest absolute Gasteiger partial charge is 0.317 e. The van der Waals surface area contributed by atoms with Crippen molar-refractivity contribution >= 4 is 6.03 Å².